The monoisotopic (exact) mass is 246 g/mol. The molecule has 0 bridgehead atoms. The molecule has 2 aromatic rings. The normalized spacial score (nSPS) is 15.8. The van der Waals surface area contributed by atoms with E-state index >= 15 is 0 Å². The van der Waals surface area contributed by atoms with Gasteiger partial charge in [-0.25, -0.2) is 0 Å². The van der Waals surface area contributed by atoms with Crippen LogP contribution >= 0.6 is 0 Å². The SMILES string of the molecule is c1ccc2c(c1)=NCC=2CC1=c2ccccc2=NC1. The molecule has 0 spiro atoms. The zero-order valence-corrected chi connectivity index (χ0v) is 10.6. The lowest BCUT2D eigenvalue weighted by atomic mass is 10.0. The van der Waals surface area contributed by atoms with Gasteiger partial charge in [-0.15, -0.1) is 0 Å². The first-order chi connectivity index (χ1) is 9.42. The Bertz CT molecular complexity index is 816. The zero-order chi connectivity index (χ0) is 12.7. The molecule has 2 aliphatic heterocycles. The van der Waals surface area contributed by atoms with Crippen LogP contribution in [0.2, 0.25) is 0 Å². The largest absolute Gasteiger partial charge is 0.280 e. The summed E-state index contributed by atoms with van der Waals surface area (Å²) >= 11 is 0. The number of fused-ring (bicyclic) bond motifs is 2. The van der Waals surface area contributed by atoms with E-state index in [-0.39, 0.29) is 0 Å². The number of para-hydroxylation sites is 2. The Hall–Kier alpha value is -2.22. The van der Waals surface area contributed by atoms with Gasteiger partial charge < -0.3 is 0 Å². The molecule has 0 atom stereocenters. The van der Waals surface area contributed by atoms with Gasteiger partial charge in [-0.2, -0.15) is 0 Å². The Balaban J connectivity index is 1.85. The summed E-state index contributed by atoms with van der Waals surface area (Å²) in [4.78, 5) is 9.20. The van der Waals surface area contributed by atoms with Crippen LogP contribution in [-0.4, -0.2) is 13.1 Å². The summed E-state index contributed by atoms with van der Waals surface area (Å²) in [6.07, 6.45) is 1.00. The van der Waals surface area contributed by atoms with Gasteiger partial charge in [-0.3, -0.25) is 9.98 Å². The predicted molar refractivity (Wildman–Crippen MR) is 75.6 cm³/mol. The standard InChI is InChI=1S/C17H14N2/c1-3-7-16-14(5-1)12(10-18-16)9-13-11-19-17-8-4-2-6-15(13)17/h1-8H,9-11H2. The van der Waals surface area contributed by atoms with E-state index in [1.807, 2.05) is 0 Å². The molecule has 19 heavy (non-hydrogen) atoms. The van der Waals surface area contributed by atoms with Gasteiger partial charge in [-0.05, 0) is 29.7 Å². The topological polar surface area (TPSA) is 24.7 Å². The van der Waals surface area contributed by atoms with E-state index in [0.29, 0.717) is 0 Å². The maximum absolute atomic E-state index is 4.60. The molecule has 0 aliphatic carbocycles. The van der Waals surface area contributed by atoms with Crippen molar-refractivity contribution < 1.29 is 0 Å². The van der Waals surface area contributed by atoms with E-state index in [0.717, 1.165) is 30.2 Å². The second kappa shape index (κ2) is 4.16. The average molecular weight is 246 g/mol. The Morgan fingerprint density at radius 2 is 1.16 bits per heavy atom. The fourth-order valence-corrected chi connectivity index (χ4v) is 2.91. The van der Waals surface area contributed by atoms with Gasteiger partial charge in [0.1, 0.15) is 0 Å². The van der Waals surface area contributed by atoms with Crippen molar-refractivity contribution in [2.45, 2.75) is 6.42 Å². The molecule has 0 saturated carbocycles. The number of nitrogens with zero attached hydrogens (tertiary/aromatic N) is 2. The van der Waals surface area contributed by atoms with Crippen LogP contribution in [0.25, 0.3) is 11.1 Å². The molecule has 0 fully saturated rings. The van der Waals surface area contributed by atoms with E-state index in [9.17, 15) is 0 Å². The third kappa shape index (κ3) is 1.72. The van der Waals surface area contributed by atoms with Gasteiger partial charge >= 0.3 is 0 Å². The molecule has 0 unspecified atom stereocenters. The van der Waals surface area contributed by atoms with Crippen LogP contribution < -0.4 is 21.2 Å². The van der Waals surface area contributed by atoms with Gasteiger partial charge in [-0.1, -0.05) is 36.4 Å². The summed E-state index contributed by atoms with van der Waals surface area (Å²) in [5.74, 6) is 0. The quantitative estimate of drug-likeness (QED) is 0.730. The van der Waals surface area contributed by atoms with Crippen LogP contribution in [-0.2, 0) is 0 Å². The number of benzene rings is 2. The molecule has 2 heterocycles. The molecule has 2 heteroatoms. The lowest BCUT2D eigenvalue weighted by Crippen LogP contribution is -2.24. The Morgan fingerprint density at radius 1 is 0.684 bits per heavy atom. The minimum Gasteiger partial charge on any atom is -0.280 e. The van der Waals surface area contributed by atoms with E-state index in [2.05, 4.69) is 58.5 Å². The van der Waals surface area contributed by atoms with Crippen LogP contribution in [0.1, 0.15) is 6.42 Å². The maximum Gasteiger partial charge on any atom is 0.0650 e. The first-order valence-electron chi connectivity index (χ1n) is 6.65. The molecule has 0 aromatic heterocycles. The van der Waals surface area contributed by atoms with Crippen LogP contribution in [0, 0.1) is 0 Å². The van der Waals surface area contributed by atoms with Gasteiger partial charge in [0.2, 0.25) is 0 Å². The molecular weight excluding hydrogens is 232 g/mol. The molecule has 2 nitrogen and oxygen atoms in total. The van der Waals surface area contributed by atoms with Crippen LogP contribution in [0.4, 0.5) is 0 Å². The van der Waals surface area contributed by atoms with Crippen LogP contribution in [0.5, 0.6) is 0 Å². The molecule has 2 aromatic carbocycles. The minimum absolute atomic E-state index is 0.838. The van der Waals surface area contributed by atoms with Gasteiger partial charge in [0.15, 0.2) is 0 Å². The fraction of sp³-hybridized carbons (Fsp3) is 0.176. The summed E-state index contributed by atoms with van der Waals surface area (Å²) in [6, 6.07) is 16.9. The third-order valence-corrected chi connectivity index (χ3v) is 3.88. The second-order valence-electron chi connectivity index (χ2n) is 5.05. The number of hydrogen-bond acceptors (Lipinski definition) is 2. The molecule has 0 amide bonds. The first kappa shape index (κ1) is 10.7. The van der Waals surface area contributed by atoms with Crippen LogP contribution in [0.15, 0.2) is 58.5 Å². The highest BCUT2D eigenvalue weighted by molar-refractivity contribution is 5.65. The Morgan fingerprint density at radius 3 is 1.68 bits per heavy atom. The van der Waals surface area contributed by atoms with Crippen molar-refractivity contribution in [3.63, 3.8) is 0 Å². The van der Waals surface area contributed by atoms with Crippen molar-refractivity contribution in [1.29, 1.82) is 0 Å². The Labute approximate surface area is 111 Å². The van der Waals surface area contributed by atoms with E-state index in [1.165, 1.54) is 21.6 Å². The van der Waals surface area contributed by atoms with Crippen molar-refractivity contribution in [3.05, 3.63) is 69.7 Å². The van der Waals surface area contributed by atoms with Crippen molar-refractivity contribution in [2.75, 3.05) is 13.1 Å². The van der Waals surface area contributed by atoms with Crippen LogP contribution in [0.3, 0.4) is 0 Å². The number of rotatable bonds is 2. The molecular formula is C17H14N2. The predicted octanol–water partition coefficient (Wildman–Crippen LogP) is 0.345. The summed E-state index contributed by atoms with van der Waals surface area (Å²) in [5, 5.41) is 4.92. The highest BCUT2D eigenvalue weighted by Crippen LogP contribution is 2.14. The van der Waals surface area contributed by atoms with Gasteiger partial charge in [0, 0.05) is 10.4 Å². The summed E-state index contributed by atoms with van der Waals surface area (Å²) < 4.78 is 0. The maximum atomic E-state index is 4.60. The highest BCUT2D eigenvalue weighted by atomic mass is 14.7. The highest BCUT2D eigenvalue weighted by Gasteiger charge is 2.11. The number of hydrogen-bond donors (Lipinski definition) is 0. The summed E-state index contributed by atoms with van der Waals surface area (Å²) in [7, 11) is 0. The summed E-state index contributed by atoms with van der Waals surface area (Å²) in [5.41, 5.74) is 2.86. The van der Waals surface area contributed by atoms with E-state index in [1.54, 1.807) is 0 Å². The van der Waals surface area contributed by atoms with Crippen molar-refractivity contribution in [3.8, 4) is 0 Å². The molecule has 4 rings (SSSR count). The van der Waals surface area contributed by atoms with Crippen molar-refractivity contribution in [2.24, 2.45) is 9.98 Å². The smallest absolute Gasteiger partial charge is 0.0650 e. The Kier molecular flexibility index (Phi) is 2.34. The van der Waals surface area contributed by atoms with Gasteiger partial charge in [0.25, 0.3) is 0 Å². The van der Waals surface area contributed by atoms with Gasteiger partial charge in [0.05, 0.1) is 23.8 Å². The second-order valence-corrected chi connectivity index (χ2v) is 5.05. The third-order valence-electron chi connectivity index (χ3n) is 3.88. The lowest BCUT2D eigenvalue weighted by Gasteiger charge is -2.02. The molecule has 0 radical (unpaired) electrons. The molecule has 2 aliphatic rings. The van der Waals surface area contributed by atoms with Crippen molar-refractivity contribution >= 4 is 11.1 Å². The summed E-state index contributed by atoms with van der Waals surface area (Å²) in [6.45, 7) is 1.68. The minimum atomic E-state index is 0.838. The fourth-order valence-electron chi connectivity index (χ4n) is 2.91. The molecule has 92 valence electrons. The van der Waals surface area contributed by atoms with E-state index < -0.39 is 0 Å². The first-order valence-corrected chi connectivity index (χ1v) is 6.65. The lowest BCUT2D eigenvalue weighted by molar-refractivity contribution is 1.14. The molecule has 0 saturated heterocycles. The average Bonchev–Trinajstić information content (AvgIpc) is 3.05. The van der Waals surface area contributed by atoms with Crippen molar-refractivity contribution in [1.82, 2.24) is 0 Å². The zero-order valence-electron chi connectivity index (χ0n) is 10.6. The van der Waals surface area contributed by atoms with E-state index in [4.69, 9.17) is 0 Å². The molecule has 0 N–H and O–H groups in total.